The van der Waals surface area contributed by atoms with Crippen LogP contribution < -0.4 is 0 Å². The summed E-state index contributed by atoms with van der Waals surface area (Å²) < 4.78 is 0. The van der Waals surface area contributed by atoms with Gasteiger partial charge in [0.05, 0.1) is 6.61 Å². The van der Waals surface area contributed by atoms with Gasteiger partial charge in [0, 0.05) is 17.8 Å². The van der Waals surface area contributed by atoms with Crippen molar-refractivity contribution in [2.75, 3.05) is 6.61 Å². The van der Waals surface area contributed by atoms with Crippen LogP contribution >= 0.6 is 0 Å². The third-order valence-electron chi connectivity index (χ3n) is 1.74. The van der Waals surface area contributed by atoms with Crippen LogP contribution in [0.25, 0.3) is 0 Å². The fraction of sp³-hybridized carbons (Fsp3) is 0.500. The molecule has 3 nitrogen and oxygen atoms in total. The molecule has 0 aliphatic carbocycles. The highest BCUT2D eigenvalue weighted by Crippen LogP contribution is 2.19. The maximum absolute atomic E-state index is 8.99. The largest absolute Gasteiger partial charge is 0.395 e. The van der Waals surface area contributed by atoms with E-state index in [1.54, 1.807) is 12.4 Å². The van der Waals surface area contributed by atoms with Gasteiger partial charge in [-0.15, -0.1) is 0 Å². The van der Waals surface area contributed by atoms with Gasteiger partial charge in [-0.2, -0.15) is 0 Å². The van der Waals surface area contributed by atoms with Crippen LogP contribution in [0.5, 0.6) is 0 Å². The monoisotopic (exact) mass is 152 g/mol. The summed E-state index contributed by atoms with van der Waals surface area (Å²) in [6.07, 6.45) is 4.93. The van der Waals surface area contributed by atoms with Crippen LogP contribution in [-0.2, 0) is 5.41 Å². The van der Waals surface area contributed by atoms with E-state index in [1.807, 2.05) is 13.8 Å². The topological polar surface area (TPSA) is 46.0 Å². The minimum atomic E-state index is -0.235. The van der Waals surface area contributed by atoms with Crippen molar-refractivity contribution in [1.82, 2.24) is 9.97 Å². The molecule has 3 heteroatoms. The number of aliphatic hydroxyl groups excluding tert-OH is 1. The van der Waals surface area contributed by atoms with Crippen LogP contribution in [-0.4, -0.2) is 21.7 Å². The SMILES string of the molecule is CC(C)(CO)c1cncnc1. The molecule has 11 heavy (non-hydrogen) atoms. The molecule has 1 aromatic rings. The molecule has 0 atom stereocenters. The van der Waals surface area contributed by atoms with Crippen molar-refractivity contribution in [3.63, 3.8) is 0 Å². The summed E-state index contributed by atoms with van der Waals surface area (Å²) >= 11 is 0. The number of hydrogen-bond donors (Lipinski definition) is 1. The Kier molecular flexibility index (Phi) is 2.19. The molecular weight excluding hydrogens is 140 g/mol. The zero-order valence-electron chi connectivity index (χ0n) is 6.78. The summed E-state index contributed by atoms with van der Waals surface area (Å²) in [5.74, 6) is 0. The Morgan fingerprint density at radius 3 is 2.36 bits per heavy atom. The van der Waals surface area contributed by atoms with Crippen molar-refractivity contribution in [3.05, 3.63) is 24.3 Å². The fourth-order valence-corrected chi connectivity index (χ4v) is 0.740. The van der Waals surface area contributed by atoms with Crippen LogP contribution in [0.4, 0.5) is 0 Å². The molecule has 0 aromatic carbocycles. The van der Waals surface area contributed by atoms with Crippen molar-refractivity contribution >= 4 is 0 Å². The lowest BCUT2D eigenvalue weighted by molar-refractivity contribution is 0.218. The minimum Gasteiger partial charge on any atom is -0.395 e. The number of aromatic nitrogens is 2. The van der Waals surface area contributed by atoms with Gasteiger partial charge < -0.3 is 5.11 Å². The summed E-state index contributed by atoms with van der Waals surface area (Å²) in [4.78, 5) is 7.75. The van der Waals surface area contributed by atoms with Crippen LogP contribution in [0.1, 0.15) is 19.4 Å². The Bertz CT molecular complexity index is 221. The van der Waals surface area contributed by atoms with Crippen LogP contribution in [0, 0.1) is 0 Å². The van der Waals surface area contributed by atoms with Crippen molar-refractivity contribution in [2.45, 2.75) is 19.3 Å². The average molecular weight is 152 g/mol. The Balaban J connectivity index is 2.93. The molecule has 0 bridgehead atoms. The molecule has 0 aliphatic rings. The molecule has 0 saturated carbocycles. The normalized spacial score (nSPS) is 11.5. The van der Waals surface area contributed by atoms with Gasteiger partial charge >= 0.3 is 0 Å². The molecule has 0 spiro atoms. The number of rotatable bonds is 2. The molecule has 0 fully saturated rings. The van der Waals surface area contributed by atoms with Crippen molar-refractivity contribution < 1.29 is 5.11 Å². The molecule has 1 N–H and O–H groups in total. The minimum absolute atomic E-state index is 0.111. The molecule has 0 aliphatic heterocycles. The predicted octanol–water partition coefficient (Wildman–Crippen LogP) is 0.746. The Morgan fingerprint density at radius 1 is 1.36 bits per heavy atom. The first-order valence-corrected chi connectivity index (χ1v) is 3.53. The summed E-state index contributed by atoms with van der Waals surface area (Å²) in [6, 6.07) is 0. The molecular formula is C8H12N2O. The van der Waals surface area contributed by atoms with E-state index in [0.717, 1.165) is 5.56 Å². The first-order chi connectivity index (χ1) is 5.17. The second kappa shape index (κ2) is 2.96. The zero-order valence-corrected chi connectivity index (χ0v) is 6.78. The standard InChI is InChI=1S/C8H12N2O/c1-8(2,5-11)7-3-9-6-10-4-7/h3-4,6,11H,5H2,1-2H3. The molecule has 60 valence electrons. The molecule has 0 radical (unpaired) electrons. The van der Waals surface area contributed by atoms with Gasteiger partial charge in [0.2, 0.25) is 0 Å². The summed E-state index contributed by atoms with van der Waals surface area (Å²) in [6.45, 7) is 4.01. The number of nitrogens with zero attached hydrogens (tertiary/aromatic N) is 2. The van der Waals surface area contributed by atoms with Crippen molar-refractivity contribution in [3.8, 4) is 0 Å². The van der Waals surface area contributed by atoms with Gasteiger partial charge in [-0.1, -0.05) is 13.8 Å². The quantitative estimate of drug-likeness (QED) is 0.680. The van der Waals surface area contributed by atoms with E-state index in [9.17, 15) is 0 Å². The lowest BCUT2D eigenvalue weighted by atomic mass is 9.88. The lowest BCUT2D eigenvalue weighted by Gasteiger charge is -2.20. The number of hydrogen-bond acceptors (Lipinski definition) is 3. The maximum Gasteiger partial charge on any atom is 0.115 e. The van der Waals surface area contributed by atoms with Crippen LogP contribution in [0.3, 0.4) is 0 Å². The molecule has 0 amide bonds. The Hall–Kier alpha value is -0.960. The third-order valence-corrected chi connectivity index (χ3v) is 1.74. The predicted molar refractivity (Wildman–Crippen MR) is 42.1 cm³/mol. The second-order valence-electron chi connectivity index (χ2n) is 3.17. The second-order valence-corrected chi connectivity index (χ2v) is 3.17. The third kappa shape index (κ3) is 1.74. The first-order valence-electron chi connectivity index (χ1n) is 3.53. The first kappa shape index (κ1) is 8.14. The highest BCUT2D eigenvalue weighted by atomic mass is 16.3. The van der Waals surface area contributed by atoms with Gasteiger partial charge in [0.15, 0.2) is 0 Å². The smallest absolute Gasteiger partial charge is 0.115 e. The zero-order chi connectivity index (χ0) is 8.32. The molecule has 1 heterocycles. The van der Waals surface area contributed by atoms with Gasteiger partial charge in [0.25, 0.3) is 0 Å². The van der Waals surface area contributed by atoms with E-state index in [-0.39, 0.29) is 12.0 Å². The fourth-order valence-electron chi connectivity index (χ4n) is 0.740. The maximum atomic E-state index is 8.99. The summed E-state index contributed by atoms with van der Waals surface area (Å²) in [5, 5.41) is 8.99. The summed E-state index contributed by atoms with van der Waals surface area (Å²) in [5.41, 5.74) is 0.726. The van der Waals surface area contributed by atoms with E-state index in [4.69, 9.17) is 5.11 Å². The molecule has 0 saturated heterocycles. The lowest BCUT2D eigenvalue weighted by Crippen LogP contribution is -2.22. The van der Waals surface area contributed by atoms with E-state index in [2.05, 4.69) is 9.97 Å². The van der Waals surface area contributed by atoms with Gasteiger partial charge in [-0.25, -0.2) is 9.97 Å². The Labute approximate surface area is 66.1 Å². The van der Waals surface area contributed by atoms with E-state index in [0.29, 0.717) is 0 Å². The van der Waals surface area contributed by atoms with Gasteiger partial charge in [-0.05, 0) is 5.56 Å². The van der Waals surface area contributed by atoms with E-state index >= 15 is 0 Å². The Morgan fingerprint density at radius 2 is 1.91 bits per heavy atom. The molecule has 1 rings (SSSR count). The highest BCUT2D eigenvalue weighted by Gasteiger charge is 2.19. The highest BCUT2D eigenvalue weighted by molar-refractivity contribution is 5.15. The van der Waals surface area contributed by atoms with Gasteiger partial charge in [-0.3, -0.25) is 0 Å². The number of aliphatic hydroxyl groups is 1. The van der Waals surface area contributed by atoms with E-state index in [1.165, 1.54) is 6.33 Å². The van der Waals surface area contributed by atoms with Crippen LogP contribution in [0.15, 0.2) is 18.7 Å². The van der Waals surface area contributed by atoms with Crippen LogP contribution in [0.2, 0.25) is 0 Å². The van der Waals surface area contributed by atoms with Crippen molar-refractivity contribution in [2.24, 2.45) is 0 Å². The van der Waals surface area contributed by atoms with Gasteiger partial charge in [0.1, 0.15) is 6.33 Å². The van der Waals surface area contributed by atoms with Crippen molar-refractivity contribution in [1.29, 1.82) is 0 Å². The average Bonchev–Trinajstić information content (AvgIpc) is 2.06. The van der Waals surface area contributed by atoms with E-state index < -0.39 is 0 Å². The summed E-state index contributed by atoms with van der Waals surface area (Å²) in [7, 11) is 0. The molecule has 1 aromatic heterocycles. The molecule has 0 unspecified atom stereocenters.